The second kappa shape index (κ2) is 8.11. The van der Waals surface area contributed by atoms with Gasteiger partial charge in [0, 0.05) is 55.0 Å². The van der Waals surface area contributed by atoms with Gasteiger partial charge in [-0.2, -0.15) is 0 Å². The Bertz CT molecular complexity index is 916. The molecule has 31 heavy (non-hydrogen) atoms. The third kappa shape index (κ3) is 4.98. The highest BCUT2D eigenvalue weighted by Gasteiger charge is 2.39. The lowest BCUT2D eigenvalue weighted by Gasteiger charge is -2.49. The van der Waals surface area contributed by atoms with Gasteiger partial charge in [-0.25, -0.2) is 0 Å². The SMILES string of the molecule is CN1C(=O)CCc2cc(/C(N)=C/C=C(\N)N(C)C3CC(C)(C)NC(C)(C)C3)c(O)cc21. The quantitative estimate of drug-likeness (QED) is 0.550. The average Bonchev–Trinajstić information content (AvgIpc) is 2.65. The minimum atomic E-state index is 0.0271. The summed E-state index contributed by atoms with van der Waals surface area (Å²) in [6, 6.07) is 3.79. The summed E-state index contributed by atoms with van der Waals surface area (Å²) in [6.07, 6.45) is 6.60. The molecule has 2 aliphatic rings. The van der Waals surface area contributed by atoms with Crippen molar-refractivity contribution in [2.75, 3.05) is 19.0 Å². The van der Waals surface area contributed by atoms with E-state index in [1.54, 1.807) is 30.2 Å². The Morgan fingerprint density at radius 1 is 1.16 bits per heavy atom. The summed E-state index contributed by atoms with van der Waals surface area (Å²) < 4.78 is 0. The highest BCUT2D eigenvalue weighted by atomic mass is 16.3. The van der Waals surface area contributed by atoms with Crippen LogP contribution in [0.1, 0.15) is 58.1 Å². The van der Waals surface area contributed by atoms with Crippen molar-refractivity contribution in [3.05, 3.63) is 41.2 Å². The normalized spacial score (nSPS) is 21.7. The summed E-state index contributed by atoms with van der Waals surface area (Å²) in [5.74, 6) is 0.728. The van der Waals surface area contributed by atoms with E-state index >= 15 is 0 Å². The van der Waals surface area contributed by atoms with Crippen LogP contribution < -0.4 is 21.7 Å². The van der Waals surface area contributed by atoms with Gasteiger partial charge in [0.15, 0.2) is 0 Å². The average molecular weight is 428 g/mol. The summed E-state index contributed by atoms with van der Waals surface area (Å²) in [5, 5.41) is 14.2. The maximum atomic E-state index is 11.9. The van der Waals surface area contributed by atoms with Gasteiger partial charge in [0.25, 0.3) is 0 Å². The first kappa shape index (κ1) is 23.0. The van der Waals surface area contributed by atoms with Crippen LogP contribution >= 0.6 is 0 Å². The summed E-state index contributed by atoms with van der Waals surface area (Å²) >= 11 is 0. The van der Waals surface area contributed by atoms with Crippen LogP contribution in [-0.2, 0) is 11.2 Å². The highest BCUT2D eigenvalue weighted by molar-refractivity contribution is 5.96. The molecule has 7 nitrogen and oxygen atoms in total. The lowest BCUT2D eigenvalue weighted by atomic mass is 9.79. The van der Waals surface area contributed by atoms with E-state index in [9.17, 15) is 9.90 Å². The number of nitrogens with zero attached hydrogens (tertiary/aromatic N) is 2. The monoisotopic (exact) mass is 427 g/mol. The Morgan fingerprint density at radius 2 is 1.77 bits per heavy atom. The van der Waals surface area contributed by atoms with E-state index in [2.05, 4.69) is 37.9 Å². The Kier molecular flexibility index (Phi) is 6.02. The second-order valence-electron chi connectivity index (χ2n) is 10.2. The fraction of sp³-hybridized carbons (Fsp3) is 0.542. The van der Waals surface area contributed by atoms with Crippen molar-refractivity contribution in [2.45, 2.75) is 70.5 Å². The van der Waals surface area contributed by atoms with Gasteiger partial charge in [-0.05, 0) is 70.7 Å². The van der Waals surface area contributed by atoms with Crippen molar-refractivity contribution >= 4 is 17.3 Å². The number of carbonyl (C=O) groups is 1. The van der Waals surface area contributed by atoms with E-state index < -0.39 is 0 Å². The minimum absolute atomic E-state index is 0.0271. The van der Waals surface area contributed by atoms with Crippen molar-refractivity contribution in [2.24, 2.45) is 11.5 Å². The number of phenols is 1. The van der Waals surface area contributed by atoms with E-state index in [0.29, 0.717) is 36.0 Å². The number of benzene rings is 1. The Hall–Kier alpha value is -2.67. The fourth-order valence-corrected chi connectivity index (χ4v) is 5.05. The van der Waals surface area contributed by atoms with Crippen LogP contribution in [0.2, 0.25) is 0 Å². The zero-order valence-corrected chi connectivity index (χ0v) is 19.6. The molecular formula is C24H37N5O2. The lowest BCUT2D eigenvalue weighted by molar-refractivity contribution is -0.118. The van der Waals surface area contributed by atoms with Crippen LogP contribution in [0.3, 0.4) is 0 Å². The van der Waals surface area contributed by atoms with Crippen molar-refractivity contribution in [3.8, 4) is 5.75 Å². The van der Waals surface area contributed by atoms with E-state index in [1.165, 1.54) is 0 Å². The minimum Gasteiger partial charge on any atom is -0.507 e. The number of nitrogens with two attached hydrogens (primary N) is 2. The van der Waals surface area contributed by atoms with Crippen LogP contribution in [0, 0.1) is 0 Å². The molecule has 1 aromatic carbocycles. The third-order valence-corrected chi connectivity index (χ3v) is 6.41. The van der Waals surface area contributed by atoms with Gasteiger partial charge in [-0.15, -0.1) is 0 Å². The van der Waals surface area contributed by atoms with Crippen molar-refractivity contribution in [3.63, 3.8) is 0 Å². The van der Waals surface area contributed by atoms with Gasteiger partial charge >= 0.3 is 0 Å². The van der Waals surface area contributed by atoms with Gasteiger partial charge in [-0.1, -0.05) is 0 Å². The predicted octanol–water partition coefficient (Wildman–Crippen LogP) is 2.64. The van der Waals surface area contributed by atoms with Gasteiger partial charge < -0.3 is 31.7 Å². The number of fused-ring (bicyclic) bond motifs is 1. The molecule has 1 fully saturated rings. The number of hydrogen-bond donors (Lipinski definition) is 4. The number of nitrogens with one attached hydrogen (secondary N) is 1. The van der Waals surface area contributed by atoms with E-state index in [-0.39, 0.29) is 22.7 Å². The van der Waals surface area contributed by atoms with Crippen molar-refractivity contribution in [1.82, 2.24) is 10.2 Å². The van der Waals surface area contributed by atoms with E-state index in [0.717, 1.165) is 24.1 Å². The molecule has 0 radical (unpaired) electrons. The number of rotatable bonds is 4. The van der Waals surface area contributed by atoms with Crippen LogP contribution in [0.5, 0.6) is 5.75 Å². The molecule has 0 unspecified atom stereocenters. The summed E-state index contributed by atoms with van der Waals surface area (Å²) in [7, 11) is 3.74. The second-order valence-corrected chi connectivity index (χ2v) is 10.2. The summed E-state index contributed by atoms with van der Waals surface area (Å²) in [4.78, 5) is 15.6. The molecule has 6 N–H and O–H groups in total. The molecule has 0 atom stereocenters. The molecule has 1 amide bonds. The molecule has 0 aliphatic carbocycles. The molecule has 170 valence electrons. The number of piperidine rings is 1. The molecule has 2 heterocycles. The van der Waals surface area contributed by atoms with Crippen molar-refractivity contribution < 1.29 is 9.90 Å². The van der Waals surface area contributed by atoms with Crippen LogP contribution in [-0.4, -0.2) is 47.1 Å². The standard InChI is InChI=1S/C24H37N5O2/c1-23(2)13-16(14-24(3,4)27-23)28(5)21(26)9-8-18(25)17-11-15-7-10-22(31)29(6)19(15)12-20(17)30/h8-9,11-12,16,27,30H,7,10,13-14,25-26H2,1-6H3/b18-8-,21-9+. The molecule has 0 bridgehead atoms. The van der Waals surface area contributed by atoms with Gasteiger partial charge in [0.2, 0.25) is 5.91 Å². The van der Waals surface area contributed by atoms with Gasteiger partial charge in [-0.3, -0.25) is 4.79 Å². The number of aromatic hydroxyl groups is 1. The molecular weight excluding hydrogens is 390 g/mol. The Labute approximate surface area is 185 Å². The predicted molar refractivity (Wildman–Crippen MR) is 126 cm³/mol. The number of amides is 1. The first-order valence-corrected chi connectivity index (χ1v) is 10.9. The maximum absolute atomic E-state index is 11.9. The van der Waals surface area contributed by atoms with Crippen LogP contribution in [0.15, 0.2) is 30.1 Å². The number of anilines is 1. The molecule has 2 aliphatic heterocycles. The first-order chi connectivity index (χ1) is 14.3. The molecule has 0 aromatic heterocycles. The maximum Gasteiger partial charge on any atom is 0.227 e. The zero-order valence-electron chi connectivity index (χ0n) is 19.6. The first-order valence-electron chi connectivity index (χ1n) is 10.9. The van der Waals surface area contributed by atoms with Crippen molar-refractivity contribution in [1.29, 1.82) is 0 Å². The topological polar surface area (TPSA) is 108 Å². The Morgan fingerprint density at radius 3 is 2.39 bits per heavy atom. The van der Waals surface area contributed by atoms with Crippen LogP contribution in [0.25, 0.3) is 5.70 Å². The van der Waals surface area contributed by atoms with Crippen LogP contribution in [0.4, 0.5) is 5.69 Å². The lowest BCUT2D eigenvalue weighted by Crippen LogP contribution is -2.61. The molecule has 7 heteroatoms. The molecule has 3 rings (SSSR count). The Balaban J connectivity index is 1.81. The fourth-order valence-electron chi connectivity index (χ4n) is 5.05. The van der Waals surface area contributed by atoms with Gasteiger partial charge in [0.1, 0.15) is 5.75 Å². The smallest absolute Gasteiger partial charge is 0.227 e. The molecule has 0 spiro atoms. The molecule has 1 saturated heterocycles. The summed E-state index contributed by atoms with van der Waals surface area (Å²) in [5.41, 5.74) is 15.5. The van der Waals surface area contributed by atoms with Gasteiger partial charge in [0.05, 0.1) is 11.5 Å². The zero-order chi connectivity index (χ0) is 23.1. The number of phenolic OH excluding ortho intramolecular Hbond substituents is 1. The largest absolute Gasteiger partial charge is 0.507 e. The van der Waals surface area contributed by atoms with E-state index in [4.69, 9.17) is 11.5 Å². The molecule has 0 saturated carbocycles. The number of hydrogen-bond acceptors (Lipinski definition) is 6. The number of carbonyl (C=O) groups excluding carboxylic acids is 1. The third-order valence-electron chi connectivity index (χ3n) is 6.41. The number of aryl methyl sites for hydroxylation is 1. The highest BCUT2D eigenvalue weighted by Crippen LogP contribution is 2.35. The van der Waals surface area contributed by atoms with E-state index in [1.807, 2.05) is 13.1 Å². The number of allylic oxidation sites excluding steroid dienone is 2. The summed E-state index contributed by atoms with van der Waals surface area (Å²) in [6.45, 7) is 8.87. The molecule has 1 aromatic rings.